The van der Waals surface area contributed by atoms with Crippen LogP contribution in [-0.4, -0.2) is 38.7 Å². The zero-order valence-corrected chi connectivity index (χ0v) is 13.7. The highest BCUT2D eigenvalue weighted by Crippen LogP contribution is 2.21. The molecule has 3 aromatic rings. The summed E-state index contributed by atoms with van der Waals surface area (Å²) in [6, 6.07) is 9.53. The Kier molecular flexibility index (Phi) is 4.30. The molecule has 0 atom stereocenters. The van der Waals surface area contributed by atoms with Gasteiger partial charge in [0.2, 0.25) is 0 Å². The van der Waals surface area contributed by atoms with Crippen LogP contribution < -0.4 is 5.32 Å². The molecule has 4 rings (SSSR count). The van der Waals surface area contributed by atoms with Gasteiger partial charge in [-0.15, -0.1) is 0 Å². The minimum atomic E-state index is -0.166. The van der Waals surface area contributed by atoms with Crippen molar-refractivity contribution in [2.24, 2.45) is 0 Å². The van der Waals surface area contributed by atoms with Gasteiger partial charge >= 0.3 is 0 Å². The SMILES string of the molecule is O=C(Nc1cnn(C2CCOCC2)c1)c1cccc(-n2cccn2)c1. The van der Waals surface area contributed by atoms with E-state index in [1.54, 1.807) is 23.1 Å². The molecule has 0 saturated carbocycles. The average molecular weight is 337 g/mol. The fourth-order valence-corrected chi connectivity index (χ4v) is 2.97. The number of nitrogens with one attached hydrogen (secondary N) is 1. The highest BCUT2D eigenvalue weighted by Gasteiger charge is 2.17. The number of carbonyl (C=O) groups is 1. The molecule has 1 aliphatic rings. The third-order valence-corrected chi connectivity index (χ3v) is 4.30. The first kappa shape index (κ1) is 15.6. The van der Waals surface area contributed by atoms with Crippen molar-refractivity contribution in [3.05, 3.63) is 60.7 Å². The average Bonchev–Trinajstić information content (AvgIpc) is 3.35. The van der Waals surface area contributed by atoms with Gasteiger partial charge in [0, 0.05) is 37.4 Å². The summed E-state index contributed by atoms with van der Waals surface area (Å²) in [5, 5.41) is 11.5. The van der Waals surface area contributed by atoms with Crippen molar-refractivity contribution in [2.45, 2.75) is 18.9 Å². The van der Waals surface area contributed by atoms with Crippen LogP contribution in [0.2, 0.25) is 0 Å². The van der Waals surface area contributed by atoms with E-state index in [-0.39, 0.29) is 5.91 Å². The lowest BCUT2D eigenvalue weighted by Crippen LogP contribution is -2.19. The van der Waals surface area contributed by atoms with E-state index < -0.39 is 0 Å². The third-order valence-electron chi connectivity index (χ3n) is 4.30. The molecule has 1 aromatic carbocycles. The maximum Gasteiger partial charge on any atom is 0.255 e. The molecule has 7 heteroatoms. The summed E-state index contributed by atoms with van der Waals surface area (Å²) in [6.07, 6.45) is 9.00. The van der Waals surface area contributed by atoms with E-state index in [2.05, 4.69) is 15.5 Å². The van der Waals surface area contributed by atoms with Crippen molar-refractivity contribution < 1.29 is 9.53 Å². The molecule has 1 N–H and O–H groups in total. The fraction of sp³-hybridized carbons (Fsp3) is 0.278. The Hall–Kier alpha value is -2.93. The second-order valence-corrected chi connectivity index (χ2v) is 6.01. The van der Waals surface area contributed by atoms with E-state index in [0.29, 0.717) is 17.3 Å². The van der Waals surface area contributed by atoms with Gasteiger partial charge in [-0.25, -0.2) is 4.68 Å². The van der Waals surface area contributed by atoms with Gasteiger partial charge < -0.3 is 10.1 Å². The summed E-state index contributed by atoms with van der Waals surface area (Å²) in [7, 11) is 0. The highest BCUT2D eigenvalue weighted by molar-refractivity contribution is 6.04. The molecule has 1 aliphatic heterocycles. The predicted octanol–water partition coefficient (Wildman–Crippen LogP) is 2.67. The minimum absolute atomic E-state index is 0.166. The van der Waals surface area contributed by atoms with E-state index in [0.717, 1.165) is 31.7 Å². The topological polar surface area (TPSA) is 74.0 Å². The Labute approximate surface area is 145 Å². The molecule has 2 aromatic heterocycles. The van der Waals surface area contributed by atoms with Crippen LogP contribution in [0.1, 0.15) is 29.2 Å². The molecule has 3 heterocycles. The molecule has 0 bridgehead atoms. The van der Waals surface area contributed by atoms with Gasteiger partial charge in [-0.05, 0) is 37.1 Å². The smallest absolute Gasteiger partial charge is 0.255 e. The number of benzene rings is 1. The normalized spacial score (nSPS) is 15.2. The van der Waals surface area contributed by atoms with Crippen LogP contribution in [-0.2, 0) is 4.74 Å². The molecule has 1 fully saturated rings. The first-order chi connectivity index (χ1) is 12.3. The van der Waals surface area contributed by atoms with E-state index in [1.807, 2.05) is 41.3 Å². The van der Waals surface area contributed by atoms with Gasteiger partial charge in [0.15, 0.2) is 0 Å². The molecule has 1 saturated heterocycles. The quantitative estimate of drug-likeness (QED) is 0.794. The summed E-state index contributed by atoms with van der Waals surface area (Å²) < 4.78 is 9.01. The van der Waals surface area contributed by atoms with Crippen molar-refractivity contribution in [3.63, 3.8) is 0 Å². The Bertz CT molecular complexity index is 850. The Balaban J connectivity index is 1.47. The first-order valence-electron chi connectivity index (χ1n) is 8.33. The number of carbonyl (C=O) groups excluding carboxylic acids is 1. The van der Waals surface area contributed by atoms with Gasteiger partial charge in [-0.1, -0.05) is 6.07 Å². The monoisotopic (exact) mass is 337 g/mol. The maximum atomic E-state index is 12.5. The summed E-state index contributed by atoms with van der Waals surface area (Å²) in [6.45, 7) is 1.51. The molecular formula is C18H19N5O2. The zero-order valence-electron chi connectivity index (χ0n) is 13.7. The second kappa shape index (κ2) is 6.90. The predicted molar refractivity (Wildman–Crippen MR) is 92.8 cm³/mol. The van der Waals surface area contributed by atoms with Gasteiger partial charge in [-0.3, -0.25) is 9.48 Å². The molecule has 128 valence electrons. The number of aromatic nitrogens is 4. The molecule has 7 nitrogen and oxygen atoms in total. The number of hydrogen-bond acceptors (Lipinski definition) is 4. The van der Waals surface area contributed by atoms with Crippen LogP contribution >= 0.6 is 0 Å². The molecular weight excluding hydrogens is 318 g/mol. The van der Waals surface area contributed by atoms with Gasteiger partial charge in [0.05, 0.1) is 23.6 Å². The van der Waals surface area contributed by atoms with Crippen LogP contribution in [0.5, 0.6) is 0 Å². The molecule has 1 amide bonds. The van der Waals surface area contributed by atoms with Gasteiger partial charge in [-0.2, -0.15) is 10.2 Å². The van der Waals surface area contributed by atoms with E-state index in [1.165, 1.54) is 0 Å². The lowest BCUT2D eigenvalue weighted by atomic mass is 10.1. The lowest BCUT2D eigenvalue weighted by Gasteiger charge is -2.22. The van der Waals surface area contributed by atoms with Crippen LogP contribution in [0.15, 0.2) is 55.1 Å². The summed E-state index contributed by atoms with van der Waals surface area (Å²) in [5.41, 5.74) is 2.11. The Morgan fingerprint density at radius 3 is 2.88 bits per heavy atom. The molecule has 25 heavy (non-hydrogen) atoms. The van der Waals surface area contributed by atoms with Gasteiger partial charge in [0.25, 0.3) is 5.91 Å². The molecule has 0 radical (unpaired) electrons. The van der Waals surface area contributed by atoms with Crippen molar-refractivity contribution in [2.75, 3.05) is 18.5 Å². The van der Waals surface area contributed by atoms with Crippen LogP contribution in [0.4, 0.5) is 5.69 Å². The summed E-state index contributed by atoms with van der Waals surface area (Å²) in [4.78, 5) is 12.5. The number of ether oxygens (including phenoxy) is 1. The third kappa shape index (κ3) is 3.46. The number of rotatable bonds is 4. The van der Waals surface area contributed by atoms with Crippen molar-refractivity contribution in [1.82, 2.24) is 19.6 Å². The molecule has 0 aliphatic carbocycles. The van der Waals surface area contributed by atoms with E-state index in [9.17, 15) is 4.79 Å². The number of amides is 1. The highest BCUT2D eigenvalue weighted by atomic mass is 16.5. The van der Waals surface area contributed by atoms with Crippen molar-refractivity contribution in [1.29, 1.82) is 0 Å². The second-order valence-electron chi connectivity index (χ2n) is 6.01. The lowest BCUT2D eigenvalue weighted by molar-refractivity contribution is 0.0662. The number of hydrogen-bond donors (Lipinski definition) is 1. The Morgan fingerprint density at radius 1 is 1.20 bits per heavy atom. The summed E-state index contributed by atoms with van der Waals surface area (Å²) >= 11 is 0. The standard InChI is InChI=1S/C18H19N5O2/c24-18(14-3-1-4-17(11-14)22-8-2-7-19-22)21-15-12-20-23(13-15)16-5-9-25-10-6-16/h1-4,7-8,11-13,16H,5-6,9-10H2,(H,21,24). The van der Waals surface area contributed by atoms with Crippen molar-refractivity contribution >= 4 is 11.6 Å². The largest absolute Gasteiger partial charge is 0.381 e. The van der Waals surface area contributed by atoms with Crippen LogP contribution in [0.25, 0.3) is 5.69 Å². The van der Waals surface area contributed by atoms with Crippen molar-refractivity contribution in [3.8, 4) is 5.69 Å². The zero-order chi connectivity index (χ0) is 17.1. The van der Waals surface area contributed by atoms with Gasteiger partial charge in [0.1, 0.15) is 0 Å². The van der Waals surface area contributed by atoms with Crippen LogP contribution in [0, 0.1) is 0 Å². The minimum Gasteiger partial charge on any atom is -0.381 e. The van der Waals surface area contributed by atoms with E-state index >= 15 is 0 Å². The van der Waals surface area contributed by atoms with E-state index in [4.69, 9.17) is 4.74 Å². The van der Waals surface area contributed by atoms with Crippen LogP contribution in [0.3, 0.4) is 0 Å². The Morgan fingerprint density at radius 2 is 2.08 bits per heavy atom. The maximum absolute atomic E-state index is 12.5. The molecule has 0 spiro atoms. The fourth-order valence-electron chi connectivity index (χ4n) is 2.97. The summed E-state index contributed by atoms with van der Waals surface area (Å²) in [5.74, 6) is -0.166. The molecule has 0 unspecified atom stereocenters. The number of anilines is 1. The number of nitrogens with zero attached hydrogens (tertiary/aromatic N) is 4. The first-order valence-corrected chi connectivity index (χ1v) is 8.33.